The zero-order chi connectivity index (χ0) is 20.9. The Kier molecular flexibility index (Phi) is 12.7. The molecule has 0 aromatic heterocycles. The van der Waals surface area contributed by atoms with Crippen LogP contribution in [0.3, 0.4) is 0 Å². The zero-order valence-electron chi connectivity index (χ0n) is 19.5. The molecule has 0 spiro atoms. The predicted molar refractivity (Wildman–Crippen MR) is 119 cm³/mol. The molecule has 28 heavy (non-hydrogen) atoms. The Bertz CT molecular complexity index is 428. The van der Waals surface area contributed by atoms with E-state index in [4.69, 9.17) is 0 Å². The fourth-order valence-electron chi connectivity index (χ4n) is 4.99. The van der Waals surface area contributed by atoms with E-state index in [-0.39, 0.29) is 11.8 Å². The molecule has 164 valence electrons. The molecule has 0 radical (unpaired) electrons. The van der Waals surface area contributed by atoms with Gasteiger partial charge < -0.3 is 4.90 Å². The molecule has 3 nitrogen and oxygen atoms in total. The number of Topliss-reactive ketones (excluding diaryl/α,β-unsaturated/α-hetero) is 1. The number of ketones is 1. The second-order valence-electron chi connectivity index (χ2n) is 9.14. The Balaban J connectivity index is 0.000000363. The van der Waals surface area contributed by atoms with Crippen LogP contribution in [0.5, 0.6) is 0 Å². The van der Waals surface area contributed by atoms with Crippen molar-refractivity contribution in [1.82, 2.24) is 4.90 Å². The van der Waals surface area contributed by atoms with Crippen LogP contribution in [0.4, 0.5) is 0 Å². The number of nitrogens with zero attached hydrogens (tertiary/aromatic N) is 1. The highest BCUT2D eigenvalue weighted by Gasteiger charge is 2.31. The Morgan fingerprint density at radius 2 is 1.14 bits per heavy atom. The summed E-state index contributed by atoms with van der Waals surface area (Å²) in [6.45, 7) is 8.06. The largest absolute Gasteiger partial charge is 0.343 e. The molecule has 3 fully saturated rings. The van der Waals surface area contributed by atoms with Gasteiger partial charge in [-0.1, -0.05) is 72.1 Å². The van der Waals surface area contributed by atoms with Gasteiger partial charge in [-0.25, -0.2) is 0 Å². The Morgan fingerprint density at radius 3 is 1.54 bits per heavy atom. The molecule has 1 amide bonds. The van der Waals surface area contributed by atoms with E-state index in [1.54, 1.807) is 6.92 Å². The zero-order valence-corrected chi connectivity index (χ0v) is 19.5. The summed E-state index contributed by atoms with van der Waals surface area (Å²) in [6.07, 6.45) is 17.2. The Labute approximate surface area is 175 Å². The third kappa shape index (κ3) is 8.66. The highest BCUT2D eigenvalue weighted by Crippen LogP contribution is 2.31. The number of rotatable bonds is 3. The van der Waals surface area contributed by atoms with Crippen LogP contribution in [0.25, 0.3) is 0 Å². The summed E-state index contributed by atoms with van der Waals surface area (Å²) in [7, 11) is 1.97. The number of hydrogen-bond acceptors (Lipinski definition) is 2. The van der Waals surface area contributed by atoms with E-state index in [2.05, 4.69) is 6.92 Å². The third-order valence-corrected chi connectivity index (χ3v) is 7.02. The van der Waals surface area contributed by atoms with Gasteiger partial charge in [0, 0.05) is 24.9 Å². The van der Waals surface area contributed by atoms with Crippen LogP contribution in [-0.4, -0.2) is 29.7 Å². The van der Waals surface area contributed by atoms with Crippen molar-refractivity contribution in [2.24, 2.45) is 17.8 Å². The first kappa shape index (κ1) is 25.2. The maximum absolute atomic E-state index is 12.5. The maximum Gasteiger partial charge on any atom is 0.225 e. The van der Waals surface area contributed by atoms with Crippen molar-refractivity contribution in [3.8, 4) is 0 Å². The predicted octanol–water partition coefficient (Wildman–Crippen LogP) is 6.79. The minimum atomic E-state index is 0.245. The van der Waals surface area contributed by atoms with Crippen molar-refractivity contribution >= 4 is 11.7 Å². The van der Waals surface area contributed by atoms with E-state index in [9.17, 15) is 9.59 Å². The van der Waals surface area contributed by atoms with E-state index in [0.29, 0.717) is 17.7 Å². The number of hydrogen-bond donors (Lipinski definition) is 0. The fourth-order valence-corrected chi connectivity index (χ4v) is 4.99. The van der Waals surface area contributed by atoms with Gasteiger partial charge in [-0.3, -0.25) is 9.59 Å². The first-order chi connectivity index (χ1) is 13.5. The monoisotopic (exact) mass is 393 g/mol. The van der Waals surface area contributed by atoms with E-state index in [0.717, 1.165) is 44.4 Å². The van der Waals surface area contributed by atoms with Crippen molar-refractivity contribution in [3.63, 3.8) is 0 Å². The minimum Gasteiger partial charge on any atom is -0.343 e. The second kappa shape index (κ2) is 14.2. The van der Waals surface area contributed by atoms with Crippen molar-refractivity contribution in [2.75, 3.05) is 7.05 Å². The lowest BCUT2D eigenvalue weighted by molar-refractivity contribution is -0.138. The van der Waals surface area contributed by atoms with Crippen LogP contribution >= 0.6 is 0 Å². The third-order valence-electron chi connectivity index (χ3n) is 7.02. The average molecular weight is 394 g/mol. The highest BCUT2D eigenvalue weighted by molar-refractivity contribution is 5.79. The van der Waals surface area contributed by atoms with Crippen molar-refractivity contribution in [3.05, 3.63) is 0 Å². The van der Waals surface area contributed by atoms with Crippen LogP contribution < -0.4 is 0 Å². The standard InChI is InChI=1S/C16H27NO2.C7H14.C2H6/c1-12(18)13-8-10-15(11-9-13)17(2)16(19)14-6-4-3-5-7-14;1-7-5-3-2-4-6-7;1-2/h13-15H,3-11H2,1-2H3;7H,2-6H2,1H3;1-2H3. The van der Waals surface area contributed by atoms with Crippen LogP contribution in [-0.2, 0) is 9.59 Å². The van der Waals surface area contributed by atoms with Gasteiger partial charge in [0.05, 0.1) is 0 Å². The van der Waals surface area contributed by atoms with E-state index >= 15 is 0 Å². The van der Waals surface area contributed by atoms with E-state index in [1.165, 1.54) is 51.4 Å². The molecule has 3 saturated carbocycles. The molecule has 0 bridgehead atoms. The second-order valence-corrected chi connectivity index (χ2v) is 9.14. The van der Waals surface area contributed by atoms with Crippen molar-refractivity contribution in [1.29, 1.82) is 0 Å². The lowest BCUT2D eigenvalue weighted by Crippen LogP contribution is -2.43. The number of amides is 1. The molecule has 0 aromatic carbocycles. The summed E-state index contributed by atoms with van der Waals surface area (Å²) in [5.74, 6) is 2.22. The van der Waals surface area contributed by atoms with E-state index < -0.39 is 0 Å². The Morgan fingerprint density at radius 1 is 0.679 bits per heavy atom. The molecule has 0 N–H and O–H groups in total. The van der Waals surface area contributed by atoms with Gasteiger partial charge in [0.2, 0.25) is 5.91 Å². The molecule has 3 heteroatoms. The highest BCUT2D eigenvalue weighted by atomic mass is 16.2. The summed E-state index contributed by atoms with van der Waals surface area (Å²) in [5.41, 5.74) is 0. The van der Waals surface area contributed by atoms with Gasteiger partial charge >= 0.3 is 0 Å². The van der Waals surface area contributed by atoms with Gasteiger partial charge in [0.25, 0.3) is 0 Å². The van der Waals surface area contributed by atoms with Crippen molar-refractivity contribution < 1.29 is 9.59 Å². The smallest absolute Gasteiger partial charge is 0.225 e. The van der Waals surface area contributed by atoms with Gasteiger partial charge in [-0.15, -0.1) is 0 Å². The minimum absolute atomic E-state index is 0.245. The number of carbonyl (C=O) groups is 2. The van der Waals surface area contributed by atoms with Crippen LogP contribution in [0.15, 0.2) is 0 Å². The summed E-state index contributed by atoms with van der Waals surface area (Å²) in [6, 6.07) is 0.366. The molecule has 0 aromatic rings. The molecule has 3 aliphatic rings. The van der Waals surface area contributed by atoms with Gasteiger partial charge in [0.1, 0.15) is 5.78 Å². The molecule has 0 aliphatic heterocycles. The molecule has 0 saturated heterocycles. The lowest BCUT2D eigenvalue weighted by Gasteiger charge is -2.36. The SMILES string of the molecule is CC.CC(=O)C1CCC(N(C)C(=O)C2CCCCC2)CC1.CC1CCCCC1. The summed E-state index contributed by atoms with van der Waals surface area (Å²) in [4.78, 5) is 25.8. The summed E-state index contributed by atoms with van der Waals surface area (Å²) in [5, 5.41) is 0. The topological polar surface area (TPSA) is 37.4 Å². The quantitative estimate of drug-likeness (QED) is 0.529. The van der Waals surface area contributed by atoms with Crippen LogP contribution in [0.2, 0.25) is 0 Å². The molecule has 3 rings (SSSR count). The lowest BCUT2D eigenvalue weighted by atomic mass is 9.82. The summed E-state index contributed by atoms with van der Waals surface area (Å²) >= 11 is 0. The Hall–Kier alpha value is -0.860. The first-order valence-electron chi connectivity index (χ1n) is 12.3. The van der Waals surface area contributed by atoms with Gasteiger partial charge in [-0.2, -0.15) is 0 Å². The normalized spacial score (nSPS) is 26.2. The van der Waals surface area contributed by atoms with Gasteiger partial charge in [-0.05, 0) is 51.4 Å². The molecule has 0 unspecified atom stereocenters. The fraction of sp³-hybridized carbons (Fsp3) is 0.920. The molecular formula is C25H47NO2. The molecule has 3 aliphatic carbocycles. The maximum atomic E-state index is 12.5. The summed E-state index contributed by atoms with van der Waals surface area (Å²) < 4.78 is 0. The molecule has 0 heterocycles. The molecular weight excluding hydrogens is 346 g/mol. The van der Waals surface area contributed by atoms with Gasteiger partial charge in [0.15, 0.2) is 0 Å². The van der Waals surface area contributed by atoms with Crippen LogP contribution in [0.1, 0.15) is 118 Å². The molecule has 0 atom stereocenters. The first-order valence-corrected chi connectivity index (χ1v) is 12.3. The van der Waals surface area contributed by atoms with Crippen molar-refractivity contribution in [2.45, 2.75) is 124 Å². The average Bonchev–Trinajstić information content (AvgIpc) is 2.76. The van der Waals surface area contributed by atoms with E-state index in [1.807, 2.05) is 25.8 Å². The van der Waals surface area contributed by atoms with Crippen LogP contribution in [0, 0.1) is 17.8 Å². The number of carbonyl (C=O) groups excluding carboxylic acids is 2.